The summed E-state index contributed by atoms with van der Waals surface area (Å²) in [6.45, 7) is 3.35. The Kier molecular flexibility index (Phi) is 6.82. The van der Waals surface area contributed by atoms with E-state index in [-0.39, 0.29) is 23.6 Å². The van der Waals surface area contributed by atoms with Crippen molar-refractivity contribution < 1.29 is 22.8 Å². The van der Waals surface area contributed by atoms with Gasteiger partial charge in [-0.25, -0.2) is 0 Å². The van der Waals surface area contributed by atoms with Crippen LogP contribution in [0.5, 0.6) is 0 Å². The SMILES string of the molecule is CC(C(=O)NC1CCCCC1)N1CCN(C(=O)c2ccccc2C(F)(F)F)CC1. The van der Waals surface area contributed by atoms with Crippen molar-refractivity contribution in [1.29, 1.82) is 0 Å². The van der Waals surface area contributed by atoms with Crippen molar-refractivity contribution >= 4 is 11.8 Å². The van der Waals surface area contributed by atoms with Gasteiger partial charge in [0, 0.05) is 32.2 Å². The summed E-state index contributed by atoms with van der Waals surface area (Å²) in [5.41, 5.74) is -1.23. The van der Waals surface area contributed by atoms with Crippen LogP contribution in [0.2, 0.25) is 0 Å². The molecule has 160 valence electrons. The van der Waals surface area contributed by atoms with Gasteiger partial charge in [0.05, 0.1) is 17.2 Å². The molecule has 1 saturated heterocycles. The van der Waals surface area contributed by atoms with Crippen molar-refractivity contribution in [1.82, 2.24) is 15.1 Å². The number of alkyl halides is 3. The van der Waals surface area contributed by atoms with E-state index in [9.17, 15) is 22.8 Å². The number of hydrogen-bond donors (Lipinski definition) is 1. The molecule has 2 fully saturated rings. The molecule has 1 unspecified atom stereocenters. The molecule has 8 heteroatoms. The smallest absolute Gasteiger partial charge is 0.352 e. The molecule has 1 saturated carbocycles. The van der Waals surface area contributed by atoms with Gasteiger partial charge in [-0.3, -0.25) is 14.5 Å². The van der Waals surface area contributed by atoms with Gasteiger partial charge in [-0.1, -0.05) is 31.4 Å². The predicted molar refractivity (Wildman–Crippen MR) is 103 cm³/mol. The van der Waals surface area contributed by atoms with E-state index in [2.05, 4.69) is 5.32 Å². The van der Waals surface area contributed by atoms with Crippen LogP contribution in [0.3, 0.4) is 0 Å². The molecule has 1 N–H and O–H groups in total. The van der Waals surface area contributed by atoms with Gasteiger partial charge in [0.25, 0.3) is 5.91 Å². The molecular weight excluding hydrogens is 383 g/mol. The van der Waals surface area contributed by atoms with E-state index in [1.165, 1.54) is 29.5 Å². The number of piperazine rings is 1. The van der Waals surface area contributed by atoms with Crippen LogP contribution in [-0.4, -0.2) is 59.9 Å². The van der Waals surface area contributed by atoms with E-state index in [1.807, 2.05) is 11.8 Å². The lowest BCUT2D eigenvalue weighted by Gasteiger charge is -2.38. The van der Waals surface area contributed by atoms with Crippen molar-refractivity contribution in [3.8, 4) is 0 Å². The quantitative estimate of drug-likeness (QED) is 0.827. The van der Waals surface area contributed by atoms with Crippen molar-refractivity contribution in [2.75, 3.05) is 26.2 Å². The van der Waals surface area contributed by atoms with Crippen LogP contribution in [0.15, 0.2) is 24.3 Å². The maximum absolute atomic E-state index is 13.2. The molecule has 0 aromatic heterocycles. The highest BCUT2D eigenvalue weighted by Gasteiger charge is 2.37. The van der Waals surface area contributed by atoms with Crippen LogP contribution < -0.4 is 5.32 Å². The molecule has 1 atom stereocenters. The molecule has 2 amide bonds. The summed E-state index contributed by atoms with van der Waals surface area (Å²) in [4.78, 5) is 28.6. The fourth-order valence-electron chi connectivity index (χ4n) is 4.13. The lowest BCUT2D eigenvalue weighted by Crippen LogP contribution is -2.56. The Bertz CT molecular complexity index is 724. The molecule has 0 bridgehead atoms. The Balaban J connectivity index is 1.56. The normalized spacial score (nSPS) is 20.3. The molecule has 29 heavy (non-hydrogen) atoms. The molecule has 1 aliphatic heterocycles. The zero-order valence-corrected chi connectivity index (χ0v) is 16.7. The highest BCUT2D eigenvalue weighted by atomic mass is 19.4. The van der Waals surface area contributed by atoms with E-state index in [4.69, 9.17) is 0 Å². The first-order chi connectivity index (χ1) is 13.8. The Labute approximate surface area is 169 Å². The number of carbonyl (C=O) groups excluding carboxylic acids is 2. The Hall–Kier alpha value is -2.09. The van der Waals surface area contributed by atoms with Crippen molar-refractivity contribution in [3.63, 3.8) is 0 Å². The van der Waals surface area contributed by atoms with Crippen LogP contribution >= 0.6 is 0 Å². The topological polar surface area (TPSA) is 52.7 Å². The largest absolute Gasteiger partial charge is 0.417 e. The highest BCUT2D eigenvalue weighted by molar-refractivity contribution is 5.96. The number of nitrogens with zero attached hydrogens (tertiary/aromatic N) is 2. The minimum atomic E-state index is -4.57. The summed E-state index contributed by atoms with van der Waals surface area (Å²) < 4.78 is 39.6. The third kappa shape index (κ3) is 5.29. The maximum Gasteiger partial charge on any atom is 0.417 e. The fraction of sp³-hybridized carbons (Fsp3) is 0.619. The van der Waals surface area contributed by atoms with Crippen LogP contribution in [0.25, 0.3) is 0 Å². The van der Waals surface area contributed by atoms with Gasteiger partial charge in [-0.2, -0.15) is 13.2 Å². The summed E-state index contributed by atoms with van der Waals surface area (Å²) in [7, 11) is 0. The van der Waals surface area contributed by atoms with Crippen molar-refractivity contribution in [2.24, 2.45) is 0 Å². The average molecular weight is 411 g/mol. The Morgan fingerprint density at radius 1 is 1.03 bits per heavy atom. The zero-order valence-electron chi connectivity index (χ0n) is 16.7. The van der Waals surface area contributed by atoms with Crippen molar-refractivity contribution in [2.45, 2.75) is 57.3 Å². The molecule has 1 aromatic carbocycles. The number of hydrogen-bond acceptors (Lipinski definition) is 3. The predicted octanol–water partition coefficient (Wildman–Crippen LogP) is 3.30. The molecular formula is C21H28F3N3O2. The highest BCUT2D eigenvalue weighted by Crippen LogP contribution is 2.32. The molecule has 2 aliphatic rings. The summed E-state index contributed by atoms with van der Waals surface area (Å²) in [5, 5.41) is 3.11. The first-order valence-corrected chi connectivity index (χ1v) is 10.3. The molecule has 3 rings (SSSR count). The van der Waals surface area contributed by atoms with Gasteiger partial charge >= 0.3 is 6.18 Å². The third-order valence-corrected chi connectivity index (χ3v) is 5.94. The average Bonchev–Trinajstić information content (AvgIpc) is 2.73. The first kappa shape index (κ1) is 21.6. The molecule has 1 aromatic rings. The molecule has 1 aliphatic carbocycles. The maximum atomic E-state index is 13.2. The fourth-order valence-corrected chi connectivity index (χ4v) is 4.13. The lowest BCUT2D eigenvalue weighted by atomic mass is 9.95. The third-order valence-electron chi connectivity index (χ3n) is 5.94. The van der Waals surface area contributed by atoms with Crippen molar-refractivity contribution in [3.05, 3.63) is 35.4 Å². The van der Waals surface area contributed by atoms with Crippen LogP contribution in [0, 0.1) is 0 Å². The van der Waals surface area contributed by atoms with Gasteiger partial charge in [0.1, 0.15) is 0 Å². The second-order valence-electron chi connectivity index (χ2n) is 7.89. The number of rotatable bonds is 4. The van der Waals surface area contributed by atoms with Gasteiger partial charge in [-0.05, 0) is 31.9 Å². The standard InChI is InChI=1S/C21H28F3N3O2/c1-15(19(28)25-16-7-3-2-4-8-16)26-11-13-27(14-12-26)20(29)17-9-5-6-10-18(17)21(22,23)24/h5-6,9-10,15-16H,2-4,7-8,11-14H2,1H3,(H,25,28). The minimum absolute atomic E-state index is 0.0147. The summed E-state index contributed by atoms with van der Waals surface area (Å²) >= 11 is 0. The van der Waals surface area contributed by atoms with E-state index in [0.29, 0.717) is 26.2 Å². The zero-order chi connectivity index (χ0) is 21.0. The number of halogens is 3. The number of nitrogens with one attached hydrogen (secondary N) is 1. The van der Waals surface area contributed by atoms with E-state index < -0.39 is 17.6 Å². The monoisotopic (exact) mass is 411 g/mol. The van der Waals surface area contributed by atoms with Gasteiger partial charge < -0.3 is 10.2 Å². The summed E-state index contributed by atoms with van der Waals surface area (Å²) in [6, 6.07) is 4.79. The first-order valence-electron chi connectivity index (χ1n) is 10.3. The van der Waals surface area contributed by atoms with E-state index in [1.54, 1.807) is 0 Å². The van der Waals surface area contributed by atoms with Crippen LogP contribution in [0.1, 0.15) is 54.9 Å². The number of carbonyl (C=O) groups is 2. The van der Waals surface area contributed by atoms with Gasteiger partial charge in [0.15, 0.2) is 0 Å². The molecule has 1 heterocycles. The van der Waals surface area contributed by atoms with Gasteiger partial charge in [-0.15, -0.1) is 0 Å². The summed E-state index contributed by atoms with van der Waals surface area (Å²) in [6.07, 6.45) is 0.951. The number of amides is 2. The van der Waals surface area contributed by atoms with Crippen LogP contribution in [-0.2, 0) is 11.0 Å². The Morgan fingerprint density at radius 2 is 1.66 bits per heavy atom. The molecule has 0 spiro atoms. The van der Waals surface area contributed by atoms with Crippen LogP contribution in [0.4, 0.5) is 13.2 Å². The Morgan fingerprint density at radius 3 is 2.28 bits per heavy atom. The van der Waals surface area contributed by atoms with E-state index >= 15 is 0 Å². The van der Waals surface area contributed by atoms with Gasteiger partial charge in [0.2, 0.25) is 5.91 Å². The second kappa shape index (κ2) is 9.15. The second-order valence-corrected chi connectivity index (χ2v) is 7.89. The molecule has 5 nitrogen and oxygen atoms in total. The lowest BCUT2D eigenvalue weighted by molar-refractivity contribution is -0.138. The van der Waals surface area contributed by atoms with E-state index in [0.717, 1.165) is 31.7 Å². The molecule has 0 radical (unpaired) electrons. The minimum Gasteiger partial charge on any atom is -0.352 e. The summed E-state index contributed by atoms with van der Waals surface area (Å²) in [5.74, 6) is -0.629. The number of benzene rings is 1.